The van der Waals surface area contributed by atoms with Crippen molar-refractivity contribution in [3.05, 3.63) is 28.7 Å². The average molecular weight is 490 g/mol. The van der Waals surface area contributed by atoms with E-state index in [4.69, 9.17) is 0 Å². The fourth-order valence-corrected chi connectivity index (χ4v) is 248. The van der Waals surface area contributed by atoms with Crippen LogP contribution in [0.3, 0.4) is 0 Å². The van der Waals surface area contributed by atoms with Gasteiger partial charge in [0, 0.05) is 40.0 Å². The van der Waals surface area contributed by atoms with Gasteiger partial charge in [0.1, 0.15) is 0 Å². The largest absolute Gasteiger partial charge is 0.0735 e. The summed E-state index contributed by atoms with van der Waals surface area (Å²) in [4.78, 5) is 0. The Kier molecular flexibility index (Phi) is 5.10. The first-order valence-electron chi connectivity index (χ1n) is 9.26. The van der Waals surface area contributed by atoms with Crippen LogP contribution < -0.4 is 5.19 Å². The number of hydrogen-bond donors (Lipinski definition) is 0. The van der Waals surface area contributed by atoms with Gasteiger partial charge in [-0.25, -0.2) is 0 Å². The molecule has 0 bridgehead atoms. The molecule has 0 N–H and O–H groups in total. The van der Waals surface area contributed by atoms with Crippen molar-refractivity contribution < 1.29 is 0 Å². The molecule has 0 amide bonds. The quantitative estimate of drug-likeness (QED) is 0.440. The van der Waals surface area contributed by atoms with Crippen molar-refractivity contribution in [2.45, 2.75) is 72.0 Å². The molecule has 0 saturated carbocycles. The Morgan fingerprint density at radius 1 is 0.500 bits per heavy atom. The predicted molar refractivity (Wildman–Crippen MR) is 133 cm³/mol. The van der Waals surface area contributed by atoms with Gasteiger partial charge in [-0.1, -0.05) is 105 Å². The Morgan fingerprint density at radius 2 is 0.792 bits per heavy atom. The molecule has 1 aliphatic heterocycles. The molecule has 0 spiro atoms. The van der Waals surface area contributed by atoms with Crippen molar-refractivity contribution in [2.75, 3.05) is 0 Å². The van der Waals surface area contributed by atoms with E-state index < -0.39 is 42.7 Å². The summed E-state index contributed by atoms with van der Waals surface area (Å²) in [5.41, 5.74) is 0. The monoisotopic (exact) mass is 488 g/mol. The first-order valence-corrected chi connectivity index (χ1v) is 33.6. The lowest BCUT2D eigenvalue weighted by Crippen LogP contribution is -3.03. The van der Waals surface area contributed by atoms with Crippen molar-refractivity contribution >= 4 is 63.8 Å². The van der Waals surface area contributed by atoms with Crippen molar-refractivity contribution in [1.29, 1.82) is 0 Å². The molecule has 0 unspecified atom stereocenters. The zero-order valence-electron chi connectivity index (χ0n) is 17.7. The minimum Gasteiger partial charge on any atom is -0.0735 e. The summed E-state index contributed by atoms with van der Waals surface area (Å²) >= 11 is 3.67. The summed E-state index contributed by atoms with van der Waals surface area (Å²) in [5, 5.41) is 1.81. The Labute approximate surface area is 163 Å². The highest BCUT2D eigenvalue weighted by Crippen LogP contribution is 2.51. The second kappa shape index (κ2) is 5.75. The molecule has 0 aliphatic carbocycles. The van der Waals surface area contributed by atoms with Crippen molar-refractivity contribution in [2.24, 2.45) is 0 Å². The van der Waals surface area contributed by atoms with E-state index >= 15 is 0 Å². The molecule has 7 heteroatoms. The first kappa shape index (κ1) is 21.3. The van der Waals surface area contributed by atoms with E-state index in [1.54, 1.807) is 0 Å². The van der Waals surface area contributed by atoms with E-state index in [0.29, 0.717) is 0 Å². The number of hydrogen-bond acceptors (Lipinski definition) is 0. The Hall–Kier alpha value is 1.00. The van der Waals surface area contributed by atoms with E-state index in [0.717, 1.165) is 0 Å². The van der Waals surface area contributed by atoms with Crippen LogP contribution in [-0.4, -0.2) is 42.7 Å². The molecule has 0 radical (unpaired) electrons. The van der Waals surface area contributed by atoms with Gasteiger partial charge in [-0.05, 0) is 12.1 Å². The lowest BCUT2D eigenvalue weighted by molar-refractivity contribution is 1.66. The summed E-state index contributed by atoms with van der Waals surface area (Å²) in [5.74, 6) is 0. The molecule has 2 rings (SSSR count). The van der Waals surface area contributed by atoms with Crippen LogP contribution in [0, 0.1) is 0 Å². The minimum atomic E-state index is -1.44. The molecule has 1 saturated heterocycles. The molecule has 0 atom stereocenters. The van der Waals surface area contributed by atoms with Crippen LogP contribution in [0.25, 0.3) is 0 Å². The van der Waals surface area contributed by atoms with Gasteiger partial charge in [0.2, 0.25) is 0 Å². The third-order valence-corrected chi connectivity index (χ3v) is 163. The third kappa shape index (κ3) is 2.21. The number of benzene rings is 1. The highest BCUT2D eigenvalue weighted by Gasteiger charge is 2.77. The number of rotatable bonds is 1. The van der Waals surface area contributed by atoms with Gasteiger partial charge < -0.3 is 0 Å². The van der Waals surface area contributed by atoms with Gasteiger partial charge in [0.15, 0.2) is 0 Å². The van der Waals surface area contributed by atoms with Crippen LogP contribution >= 0.6 is 15.9 Å². The fourth-order valence-electron chi connectivity index (χ4n) is 5.88. The molecule has 1 aliphatic rings. The minimum absolute atomic E-state index is 1.12. The fraction of sp³-hybridized carbons (Fsp3) is 0.647. The van der Waals surface area contributed by atoms with Crippen LogP contribution in [0.2, 0.25) is 72.0 Å². The van der Waals surface area contributed by atoms with Crippen molar-refractivity contribution in [1.82, 2.24) is 0 Å². The summed E-state index contributed by atoms with van der Waals surface area (Å²) in [7, 11) is -7.45. The SMILES string of the molecule is C[Si]1(C)[Si](C)(C)[Si](C)(C)[Si](C)(c2ccc(Br)cc2)[Si](C)(C)[Si]1(C)C. The molecule has 1 heterocycles. The molecule has 0 nitrogen and oxygen atoms in total. The van der Waals surface area contributed by atoms with Gasteiger partial charge >= 0.3 is 0 Å². The lowest BCUT2D eigenvalue weighted by atomic mass is 10.4. The highest BCUT2D eigenvalue weighted by atomic mass is 79.9. The van der Waals surface area contributed by atoms with Gasteiger partial charge in [-0.15, -0.1) is 0 Å². The Morgan fingerprint density at radius 3 is 1.12 bits per heavy atom. The highest BCUT2D eigenvalue weighted by molar-refractivity contribution is 9.10. The smallest absolute Gasteiger partial charge is 0.0657 e. The van der Waals surface area contributed by atoms with Crippen LogP contribution in [0.15, 0.2) is 28.7 Å². The standard InChI is InChI=1S/C17H37BrSi6/c1-19(2)20(3,4)22(7,8)24(11,23(9,10)21(19,5)6)17-14-12-16(18)13-15-17/h12-15H,1-11H3. The molecule has 0 aromatic heterocycles. The van der Waals surface area contributed by atoms with Crippen LogP contribution in [0.4, 0.5) is 0 Å². The Balaban J connectivity index is 2.90. The maximum Gasteiger partial charge on any atom is 0.0657 e. The Bertz CT molecular complexity index is 616. The molecule has 1 aromatic carbocycles. The second-order valence-corrected chi connectivity index (χ2v) is 83.2. The van der Waals surface area contributed by atoms with E-state index in [1.807, 2.05) is 5.19 Å². The van der Waals surface area contributed by atoms with Gasteiger partial charge in [0.05, 0.1) is 7.11 Å². The summed E-state index contributed by atoms with van der Waals surface area (Å²) < 4.78 is 1.24. The lowest BCUT2D eigenvalue weighted by Gasteiger charge is -2.73. The van der Waals surface area contributed by atoms with Crippen LogP contribution in [0.1, 0.15) is 0 Å². The van der Waals surface area contributed by atoms with E-state index in [-0.39, 0.29) is 0 Å². The van der Waals surface area contributed by atoms with Gasteiger partial charge in [-0.3, -0.25) is 0 Å². The van der Waals surface area contributed by atoms with E-state index in [9.17, 15) is 0 Å². The molecular weight excluding hydrogens is 453 g/mol. The molecule has 1 fully saturated rings. The predicted octanol–water partition coefficient (Wildman–Crippen LogP) is 5.76. The van der Waals surface area contributed by atoms with Crippen LogP contribution in [0.5, 0.6) is 0 Å². The zero-order valence-corrected chi connectivity index (χ0v) is 25.3. The molecule has 1 aromatic rings. The summed E-state index contributed by atoms with van der Waals surface area (Å²) in [6.07, 6.45) is 0. The normalized spacial score (nSPS) is 28.3. The second-order valence-electron chi connectivity index (χ2n) is 10.8. The molecular formula is C17H37BrSi6. The topological polar surface area (TPSA) is 0 Å². The van der Waals surface area contributed by atoms with Gasteiger partial charge in [0.25, 0.3) is 0 Å². The maximum atomic E-state index is 3.67. The number of halogens is 1. The summed E-state index contributed by atoms with van der Waals surface area (Å²) in [6.45, 7) is 31.3. The molecule has 24 heavy (non-hydrogen) atoms. The summed E-state index contributed by atoms with van der Waals surface area (Å²) in [6, 6.07) is 9.69. The zero-order chi connectivity index (χ0) is 19.0. The van der Waals surface area contributed by atoms with Crippen molar-refractivity contribution in [3.8, 4) is 0 Å². The first-order chi connectivity index (χ1) is 10.5. The van der Waals surface area contributed by atoms with Crippen LogP contribution in [-0.2, 0) is 0 Å². The van der Waals surface area contributed by atoms with E-state index in [1.165, 1.54) is 4.47 Å². The average Bonchev–Trinajstić information content (AvgIpc) is 2.45. The molecule has 136 valence electrons. The van der Waals surface area contributed by atoms with E-state index in [2.05, 4.69) is 112 Å². The maximum absolute atomic E-state index is 3.67. The van der Waals surface area contributed by atoms with Gasteiger partial charge in [-0.2, -0.15) is 0 Å². The van der Waals surface area contributed by atoms with Crippen molar-refractivity contribution in [3.63, 3.8) is 0 Å². The third-order valence-electron chi connectivity index (χ3n) is 10.2.